The molecule has 1 fully saturated rings. The lowest BCUT2D eigenvalue weighted by atomic mass is 9.86. The number of hydrogen-bond donors (Lipinski definition) is 0. The van der Waals surface area contributed by atoms with Crippen LogP contribution in [0, 0.1) is 0 Å². The van der Waals surface area contributed by atoms with E-state index in [-0.39, 0.29) is 5.41 Å². The summed E-state index contributed by atoms with van der Waals surface area (Å²) >= 11 is 0. The Morgan fingerprint density at radius 3 is 2.27 bits per heavy atom. The van der Waals surface area contributed by atoms with Gasteiger partial charge in [-0.3, -0.25) is 0 Å². The average molecular weight is 296 g/mol. The van der Waals surface area contributed by atoms with Gasteiger partial charge in [-0.15, -0.1) is 0 Å². The molecule has 22 heavy (non-hydrogen) atoms. The van der Waals surface area contributed by atoms with Gasteiger partial charge in [0.1, 0.15) is 5.82 Å². The minimum Gasteiger partial charge on any atom is -0.378 e. The molecule has 3 rings (SSSR count). The highest BCUT2D eigenvalue weighted by molar-refractivity contribution is 5.67. The number of rotatable bonds is 2. The SMILES string of the molecule is CC(C)(C)c1ccc(-c2ccnc(N3CCOCC3)c2)cc1. The fraction of sp³-hybridized carbons (Fsp3) is 0.421. The summed E-state index contributed by atoms with van der Waals surface area (Å²) in [6, 6.07) is 13.1. The molecule has 116 valence electrons. The lowest BCUT2D eigenvalue weighted by Crippen LogP contribution is -2.36. The summed E-state index contributed by atoms with van der Waals surface area (Å²) in [6.45, 7) is 10.1. The number of nitrogens with zero attached hydrogens (tertiary/aromatic N) is 2. The molecule has 0 atom stereocenters. The maximum atomic E-state index is 5.41. The molecular formula is C19H24N2O. The van der Waals surface area contributed by atoms with Crippen molar-refractivity contribution in [2.45, 2.75) is 26.2 Å². The zero-order valence-electron chi connectivity index (χ0n) is 13.7. The molecule has 0 radical (unpaired) electrons. The van der Waals surface area contributed by atoms with E-state index >= 15 is 0 Å². The molecule has 0 N–H and O–H groups in total. The van der Waals surface area contributed by atoms with Gasteiger partial charge in [0.05, 0.1) is 13.2 Å². The van der Waals surface area contributed by atoms with Crippen LogP contribution in [0.2, 0.25) is 0 Å². The van der Waals surface area contributed by atoms with E-state index < -0.39 is 0 Å². The molecule has 1 aromatic carbocycles. The Morgan fingerprint density at radius 1 is 0.955 bits per heavy atom. The van der Waals surface area contributed by atoms with E-state index in [2.05, 4.69) is 67.1 Å². The number of morpholine rings is 1. The van der Waals surface area contributed by atoms with Gasteiger partial charge in [-0.2, -0.15) is 0 Å². The molecular weight excluding hydrogens is 272 g/mol. The molecule has 0 bridgehead atoms. The first-order valence-corrected chi connectivity index (χ1v) is 7.94. The third-order valence-corrected chi connectivity index (χ3v) is 4.16. The molecule has 1 aromatic heterocycles. The zero-order valence-corrected chi connectivity index (χ0v) is 13.7. The van der Waals surface area contributed by atoms with Gasteiger partial charge in [-0.05, 0) is 34.2 Å². The highest BCUT2D eigenvalue weighted by atomic mass is 16.5. The molecule has 1 saturated heterocycles. The Kier molecular flexibility index (Phi) is 4.16. The topological polar surface area (TPSA) is 25.4 Å². The normalized spacial score (nSPS) is 15.9. The quantitative estimate of drug-likeness (QED) is 0.841. The van der Waals surface area contributed by atoms with E-state index in [4.69, 9.17) is 4.74 Å². The van der Waals surface area contributed by atoms with Crippen molar-refractivity contribution in [3.05, 3.63) is 48.2 Å². The van der Waals surface area contributed by atoms with Crippen molar-refractivity contribution in [2.75, 3.05) is 31.2 Å². The Hall–Kier alpha value is -1.87. The first-order valence-electron chi connectivity index (χ1n) is 7.94. The van der Waals surface area contributed by atoms with E-state index in [9.17, 15) is 0 Å². The minimum absolute atomic E-state index is 0.190. The molecule has 2 heterocycles. The van der Waals surface area contributed by atoms with Gasteiger partial charge in [0, 0.05) is 19.3 Å². The van der Waals surface area contributed by atoms with Crippen molar-refractivity contribution in [1.29, 1.82) is 0 Å². The molecule has 2 aromatic rings. The number of pyridine rings is 1. The van der Waals surface area contributed by atoms with E-state index in [1.807, 2.05) is 6.20 Å². The Balaban J connectivity index is 1.85. The predicted molar refractivity (Wildman–Crippen MR) is 91.4 cm³/mol. The largest absolute Gasteiger partial charge is 0.378 e. The van der Waals surface area contributed by atoms with Gasteiger partial charge in [-0.25, -0.2) is 4.98 Å². The Morgan fingerprint density at radius 2 is 1.64 bits per heavy atom. The number of ether oxygens (including phenoxy) is 1. The number of hydrogen-bond acceptors (Lipinski definition) is 3. The fourth-order valence-electron chi connectivity index (χ4n) is 2.73. The van der Waals surface area contributed by atoms with Crippen LogP contribution in [0.1, 0.15) is 26.3 Å². The van der Waals surface area contributed by atoms with Gasteiger partial charge in [0.25, 0.3) is 0 Å². The minimum atomic E-state index is 0.190. The van der Waals surface area contributed by atoms with E-state index in [1.165, 1.54) is 16.7 Å². The maximum absolute atomic E-state index is 5.41. The van der Waals surface area contributed by atoms with Crippen molar-refractivity contribution in [3.8, 4) is 11.1 Å². The zero-order chi connectivity index (χ0) is 15.6. The van der Waals surface area contributed by atoms with Crippen LogP contribution in [0.25, 0.3) is 11.1 Å². The van der Waals surface area contributed by atoms with Crippen molar-refractivity contribution in [2.24, 2.45) is 0 Å². The number of anilines is 1. The maximum Gasteiger partial charge on any atom is 0.129 e. The van der Waals surface area contributed by atoms with Gasteiger partial charge >= 0.3 is 0 Å². The first-order chi connectivity index (χ1) is 10.5. The molecule has 3 nitrogen and oxygen atoms in total. The van der Waals surface area contributed by atoms with Gasteiger partial charge < -0.3 is 9.64 Å². The number of benzene rings is 1. The molecule has 1 aliphatic heterocycles. The van der Waals surface area contributed by atoms with Gasteiger partial charge in [0.15, 0.2) is 0 Å². The van der Waals surface area contributed by atoms with Crippen LogP contribution >= 0.6 is 0 Å². The van der Waals surface area contributed by atoms with Crippen LogP contribution in [0.5, 0.6) is 0 Å². The standard InChI is InChI=1S/C19H24N2O/c1-19(2,3)17-6-4-15(5-7-17)16-8-9-20-18(14-16)21-10-12-22-13-11-21/h4-9,14H,10-13H2,1-3H3. The smallest absolute Gasteiger partial charge is 0.129 e. The van der Waals surface area contributed by atoms with E-state index in [1.54, 1.807) is 0 Å². The summed E-state index contributed by atoms with van der Waals surface area (Å²) in [5.74, 6) is 1.04. The van der Waals surface area contributed by atoms with Gasteiger partial charge in [0.2, 0.25) is 0 Å². The third kappa shape index (κ3) is 3.30. The van der Waals surface area contributed by atoms with Crippen LogP contribution in [0.4, 0.5) is 5.82 Å². The first kappa shape index (κ1) is 15.0. The molecule has 0 saturated carbocycles. The van der Waals surface area contributed by atoms with Crippen LogP contribution < -0.4 is 4.90 Å². The van der Waals surface area contributed by atoms with Crippen LogP contribution in [0.3, 0.4) is 0 Å². The van der Waals surface area contributed by atoms with Crippen molar-refractivity contribution < 1.29 is 4.74 Å². The van der Waals surface area contributed by atoms with E-state index in [0.29, 0.717) is 0 Å². The molecule has 3 heteroatoms. The molecule has 0 spiro atoms. The predicted octanol–water partition coefficient (Wildman–Crippen LogP) is 3.88. The highest BCUT2D eigenvalue weighted by Crippen LogP contribution is 2.27. The summed E-state index contributed by atoms with van der Waals surface area (Å²) in [5.41, 5.74) is 4.01. The van der Waals surface area contributed by atoms with Crippen molar-refractivity contribution in [3.63, 3.8) is 0 Å². The summed E-state index contributed by atoms with van der Waals surface area (Å²) in [4.78, 5) is 6.80. The lowest BCUT2D eigenvalue weighted by Gasteiger charge is -2.28. The highest BCUT2D eigenvalue weighted by Gasteiger charge is 2.15. The summed E-state index contributed by atoms with van der Waals surface area (Å²) in [5, 5.41) is 0. The summed E-state index contributed by atoms with van der Waals surface area (Å²) < 4.78 is 5.41. The van der Waals surface area contributed by atoms with Crippen molar-refractivity contribution in [1.82, 2.24) is 4.98 Å². The van der Waals surface area contributed by atoms with Crippen LogP contribution in [-0.4, -0.2) is 31.3 Å². The Bertz CT molecular complexity index is 623. The third-order valence-electron chi connectivity index (χ3n) is 4.16. The summed E-state index contributed by atoms with van der Waals surface area (Å²) in [6.07, 6.45) is 1.90. The van der Waals surface area contributed by atoms with E-state index in [0.717, 1.165) is 32.1 Å². The summed E-state index contributed by atoms with van der Waals surface area (Å²) in [7, 11) is 0. The second-order valence-electron chi connectivity index (χ2n) is 6.83. The second kappa shape index (κ2) is 6.09. The average Bonchev–Trinajstić information content (AvgIpc) is 2.55. The second-order valence-corrected chi connectivity index (χ2v) is 6.83. The molecule has 0 unspecified atom stereocenters. The fourth-order valence-corrected chi connectivity index (χ4v) is 2.73. The molecule has 1 aliphatic rings. The van der Waals surface area contributed by atoms with Gasteiger partial charge in [-0.1, -0.05) is 45.0 Å². The van der Waals surface area contributed by atoms with Crippen molar-refractivity contribution >= 4 is 5.82 Å². The monoisotopic (exact) mass is 296 g/mol. The lowest BCUT2D eigenvalue weighted by molar-refractivity contribution is 0.122. The number of aromatic nitrogens is 1. The Labute approximate surface area is 132 Å². The van der Waals surface area contributed by atoms with Crippen LogP contribution in [0.15, 0.2) is 42.6 Å². The molecule has 0 amide bonds. The molecule has 0 aliphatic carbocycles. The van der Waals surface area contributed by atoms with Crippen LogP contribution in [-0.2, 0) is 10.2 Å².